The molecule has 1 aliphatic carbocycles. The van der Waals surface area contributed by atoms with Gasteiger partial charge in [-0.3, -0.25) is 5.41 Å². The summed E-state index contributed by atoms with van der Waals surface area (Å²) in [5.74, 6) is 0.316. The first-order chi connectivity index (χ1) is 15.4. The molecular formula is C27H34N4O. The highest BCUT2D eigenvalue weighted by Crippen LogP contribution is 2.39. The first kappa shape index (κ1) is 24.9. The highest BCUT2D eigenvalue weighted by molar-refractivity contribution is 6.20. The summed E-state index contributed by atoms with van der Waals surface area (Å²) < 4.78 is 0. The number of aryl methyl sites for hydroxylation is 3. The van der Waals surface area contributed by atoms with Gasteiger partial charge in [0.05, 0.1) is 11.2 Å². The van der Waals surface area contributed by atoms with Crippen molar-refractivity contribution in [1.29, 1.82) is 10.7 Å². The van der Waals surface area contributed by atoms with Crippen LogP contribution in [-0.4, -0.2) is 15.8 Å². The van der Waals surface area contributed by atoms with Crippen LogP contribution < -0.4 is 5.73 Å². The number of phenols is 1. The van der Waals surface area contributed by atoms with Crippen LogP contribution in [0.3, 0.4) is 0 Å². The highest BCUT2D eigenvalue weighted by Gasteiger charge is 2.23. The standard InChI is InChI=1S/C23H22N4O.2C2H6/c1-12-9-14(10-13(2)23(12)28)22-16-6-4-3-5-15(16)20-19(27-22)8-7-17(25)21(20)18(26)11-24;2*1-2/h7-10,26,28H,3-6,25H2,1-2H3;2*1-2H3. The van der Waals surface area contributed by atoms with Crippen molar-refractivity contribution in [2.45, 2.75) is 67.2 Å². The largest absolute Gasteiger partial charge is 0.507 e. The Balaban J connectivity index is 0.000000860. The fourth-order valence-corrected chi connectivity index (χ4v) is 4.29. The van der Waals surface area contributed by atoms with Crippen LogP contribution in [0.2, 0.25) is 0 Å². The average Bonchev–Trinajstić information content (AvgIpc) is 2.83. The zero-order valence-electron chi connectivity index (χ0n) is 20.1. The van der Waals surface area contributed by atoms with Gasteiger partial charge in [0, 0.05) is 22.2 Å². The molecule has 2 aromatic carbocycles. The number of rotatable bonds is 2. The maximum Gasteiger partial charge on any atom is 0.142 e. The summed E-state index contributed by atoms with van der Waals surface area (Å²) in [4.78, 5) is 4.95. The molecule has 0 radical (unpaired) electrons. The minimum atomic E-state index is -0.123. The number of benzene rings is 2. The number of hydrogen-bond donors (Lipinski definition) is 3. The zero-order chi connectivity index (χ0) is 24.0. The lowest BCUT2D eigenvalue weighted by Gasteiger charge is -2.23. The second kappa shape index (κ2) is 10.8. The number of nitrogens with zero attached hydrogens (tertiary/aromatic N) is 2. The quantitative estimate of drug-likeness (QED) is 0.313. The predicted octanol–water partition coefficient (Wildman–Crippen LogP) is 6.63. The van der Waals surface area contributed by atoms with Crippen molar-refractivity contribution in [2.75, 3.05) is 5.73 Å². The van der Waals surface area contributed by atoms with Gasteiger partial charge < -0.3 is 10.8 Å². The molecule has 0 bridgehead atoms. The summed E-state index contributed by atoms with van der Waals surface area (Å²) in [5, 5.41) is 28.4. The number of pyridine rings is 1. The summed E-state index contributed by atoms with van der Waals surface area (Å²) in [6, 6.07) is 9.48. The van der Waals surface area contributed by atoms with Crippen LogP contribution in [0.25, 0.3) is 22.2 Å². The van der Waals surface area contributed by atoms with E-state index in [2.05, 4.69) is 0 Å². The van der Waals surface area contributed by atoms with E-state index in [1.165, 1.54) is 5.56 Å². The minimum absolute atomic E-state index is 0.123. The molecule has 1 heterocycles. The molecule has 0 atom stereocenters. The summed E-state index contributed by atoms with van der Waals surface area (Å²) in [6.07, 6.45) is 3.93. The normalized spacial score (nSPS) is 11.9. The van der Waals surface area contributed by atoms with Crippen molar-refractivity contribution in [3.05, 3.63) is 52.1 Å². The Kier molecular flexibility index (Phi) is 8.37. The maximum absolute atomic E-state index is 10.2. The summed E-state index contributed by atoms with van der Waals surface area (Å²) >= 11 is 0. The van der Waals surface area contributed by atoms with Crippen molar-refractivity contribution in [1.82, 2.24) is 4.98 Å². The molecule has 0 unspecified atom stereocenters. The van der Waals surface area contributed by atoms with Gasteiger partial charge in [0.15, 0.2) is 0 Å². The van der Waals surface area contributed by atoms with Crippen molar-refractivity contribution >= 4 is 22.3 Å². The Labute approximate surface area is 191 Å². The maximum atomic E-state index is 10.2. The van der Waals surface area contributed by atoms with Crippen LogP contribution in [0.5, 0.6) is 5.75 Å². The van der Waals surface area contributed by atoms with Gasteiger partial charge in [-0.25, -0.2) is 4.98 Å². The summed E-state index contributed by atoms with van der Waals surface area (Å²) in [5.41, 5.74) is 13.6. The van der Waals surface area contributed by atoms with Crippen LogP contribution in [0, 0.1) is 30.6 Å². The first-order valence-electron chi connectivity index (χ1n) is 11.5. The van der Waals surface area contributed by atoms with Crippen molar-refractivity contribution in [3.63, 3.8) is 0 Å². The van der Waals surface area contributed by atoms with E-state index in [-0.39, 0.29) is 5.71 Å². The number of nitriles is 1. The number of phenolic OH excluding ortho intramolecular Hbond substituents is 1. The number of anilines is 1. The second-order valence-electron chi connectivity index (χ2n) is 7.49. The molecule has 32 heavy (non-hydrogen) atoms. The molecule has 5 heteroatoms. The number of nitrogen functional groups attached to an aromatic ring is 1. The third-order valence-corrected chi connectivity index (χ3v) is 5.63. The van der Waals surface area contributed by atoms with E-state index in [0.29, 0.717) is 17.0 Å². The zero-order valence-corrected chi connectivity index (χ0v) is 20.1. The lowest BCUT2D eigenvalue weighted by Crippen LogP contribution is -2.11. The Morgan fingerprint density at radius 2 is 1.59 bits per heavy atom. The lowest BCUT2D eigenvalue weighted by atomic mass is 9.84. The van der Waals surface area contributed by atoms with Crippen LogP contribution in [0.15, 0.2) is 24.3 Å². The topological polar surface area (TPSA) is 107 Å². The molecule has 0 saturated carbocycles. The smallest absolute Gasteiger partial charge is 0.142 e. The van der Waals surface area contributed by atoms with Crippen molar-refractivity contribution < 1.29 is 5.11 Å². The van der Waals surface area contributed by atoms with E-state index in [0.717, 1.165) is 64.5 Å². The Bertz CT molecular complexity index is 1170. The number of nitrogens with one attached hydrogen (secondary N) is 1. The van der Waals surface area contributed by atoms with E-state index in [1.54, 1.807) is 6.07 Å². The molecule has 3 aromatic rings. The van der Waals surface area contributed by atoms with Crippen LogP contribution in [-0.2, 0) is 12.8 Å². The molecule has 0 aliphatic heterocycles. The number of aromatic nitrogens is 1. The number of hydrogen-bond acceptors (Lipinski definition) is 5. The van der Waals surface area contributed by atoms with E-state index < -0.39 is 0 Å². The van der Waals surface area contributed by atoms with E-state index >= 15 is 0 Å². The molecule has 5 nitrogen and oxygen atoms in total. The Morgan fingerprint density at radius 1 is 1.03 bits per heavy atom. The van der Waals surface area contributed by atoms with Crippen molar-refractivity contribution in [2.24, 2.45) is 0 Å². The molecule has 0 saturated heterocycles. The Hall–Kier alpha value is -3.39. The van der Waals surface area contributed by atoms with Gasteiger partial charge in [-0.2, -0.15) is 5.26 Å². The minimum Gasteiger partial charge on any atom is -0.507 e. The fourth-order valence-electron chi connectivity index (χ4n) is 4.29. The number of aromatic hydroxyl groups is 1. The van der Waals surface area contributed by atoms with E-state index in [4.69, 9.17) is 16.1 Å². The van der Waals surface area contributed by atoms with Gasteiger partial charge in [0.2, 0.25) is 0 Å². The molecule has 0 amide bonds. The van der Waals surface area contributed by atoms with E-state index in [1.807, 2.05) is 65.8 Å². The molecule has 168 valence electrons. The summed E-state index contributed by atoms with van der Waals surface area (Å²) in [7, 11) is 0. The molecule has 0 fully saturated rings. The lowest BCUT2D eigenvalue weighted by molar-refractivity contribution is 0.467. The van der Waals surface area contributed by atoms with Crippen LogP contribution in [0.1, 0.15) is 68.4 Å². The average molecular weight is 431 g/mol. The fraction of sp³-hybridized carbons (Fsp3) is 0.370. The SMILES string of the molecule is CC.CC.Cc1cc(-c2nc3ccc(N)c(C(=N)C#N)c3c3c2CCCC3)cc(C)c1O. The number of fused-ring (bicyclic) bond motifs is 3. The first-order valence-corrected chi connectivity index (χ1v) is 11.5. The molecule has 4 rings (SSSR count). The van der Waals surface area contributed by atoms with Gasteiger partial charge in [-0.1, -0.05) is 27.7 Å². The van der Waals surface area contributed by atoms with Gasteiger partial charge in [0.25, 0.3) is 0 Å². The Morgan fingerprint density at radius 3 is 2.16 bits per heavy atom. The molecule has 4 N–H and O–H groups in total. The van der Waals surface area contributed by atoms with Crippen LogP contribution >= 0.6 is 0 Å². The van der Waals surface area contributed by atoms with Gasteiger partial charge in [-0.05, 0) is 86.1 Å². The molecule has 0 spiro atoms. The van der Waals surface area contributed by atoms with Crippen LogP contribution in [0.4, 0.5) is 5.69 Å². The highest BCUT2D eigenvalue weighted by atomic mass is 16.3. The number of nitrogens with two attached hydrogens (primary N) is 1. The molecule has 1 aromatic heterocycles. The summed E-state index contributed by atoms with van der Waals surface area (Å²) in [6.45, 7) is 11.8. The molecular weight excluding hydrogens is 396 g/mol. The van der Waals surface area contributed by atoms with Gasteiger partial charge >= 0.3 is 0 Å². The monoisotopic (exact) mass is 430 g/mol. The van der Waals surface area contributed by atoms with Gasteiger partial charge in [-0.15, -0.1) is 0 Å². The van der Waals surface area contributed by atoms with Crippen molar-refractivity contribution in [3.8, 4) is 23.1 Å². The van der Waals surface area contributed by atoms with Gasteiger partial charge in [0.1, 0.15) is 17.5 Å². The third kappa shape index (κ3) is 4.45. The second-order valence-corrected chi connectivity index (χ2v) is 7.49. The van der Waals surface area contributed by atoms with E-state index in [9.17, 15) is 10.4 Å². The predicted molar refractivity (Wildman–Crippen MR) is 135 cm³/mol. The third-order valence-electron chi connectivity index (χ3n) is 5.63. The molecule has 1 aliphatic rings.